The van der Waals surface area contributed by atoms with Gasteiger partial charge >= 0.3 is 0 Å². The number of anilines is 1. The molecule has 1 aromatic heterocycles. The van der Waals surface area contributed by atoms with Gasteiger partial charge in [-0.25, -0.2) is 0 Å². The van der Waals surface area contributed by atoms with E-state index in [1.165, 1.54) is 12.8 Å². The second kappa shape index (κ2) is 7.72. The third kappa shape index (κ3) is 5.34. The average molecular weight is 269 g/mol. The summed E-state index contributed by atoms with van der Waals surface area (Å²) >= 11 is 1.71. The third-order valence-corrected chi connectivity index (χ3v) is 4.13. The minimum atomic E-state index is 0.528. The first kappa shape index (κ1) is 15.4. The first-order chi connectivity index (χ1) is 8.55. The molecule has 0 amide bonds. The zero-order valence-corrected chi connectivity index (χ0v) is 13.2. The molecule has 4 heteroatoms. The van der Waals surface area contributed by atoms with Gasteiger partial charge in [-0.2, -0.15) is 0 Å². The summed E-state index contributed by atoms with van der Waals surface area (Å²) in [6.45, 7) is 11.2. The van der Waals surface area contributed by atoms with E-state index < -0.39 is 0 Å². The Balaban J connectivity index is 2.51. The molecule has 0 bridgehead atoms. The monoisotopic (exact) mass is 269 g/mol. The Kier molecular flexibility index (Phi) is 6.61. The van der Waals surface area contributed by atoms with E-state index >= 15 is 0 Å². The van der Waals surface area contributed by atoms with Crippen LogP contribution in [0.1, 0.15) is 58.9 Å². The summed E-state index contributed by atoms with van der Waals surface area (Å²) in [6.07, 6.45) is 4.63. The molecule has 0 aliphatic rings. The summed E-state index contributed by atoms with van der Waals surface area (Å²) in [6, 6.07) is 0.528. The molecule has 1 aromatic rings. The molecule has 0 aliphatic carbocycles. The van der Waals surface area contributed by atoms with Gasteiger partial charge in [-0.1, -0.05) is 52.4 Å². The van der Waals surface area contributed by atoms with Crippen molar-refractivity contribution < 1.29 is 0 Å². The van der Waals surface area contributed by atoms with E-state index in [4.69, 9.17) is 0 Å². The van der Waals surface area contributed by atoms with E-state index in [1.807, 2.05) is 0 Å². The molecule has 2 atom stereocenters. The van der Waals surface area contributed by atoms with Gasteiger partial charge in [0.2, 0.25) is 5.13 Å². The lowest BCUT2D eigenvalue weighted by Gasteiger charge is -2.19. The summed E-state index contributed by atoms with van der Waals surface area (Å²) < 4.78 is 0. The Morgan fingerprint density at radius 3 is 2.39 bits per heavy atom. The Morgan fingerprint density at radius 2 is 1.83 bits per heavy atom. The highest BCUT2D eigenvalue weighted by molar-refractivity contribution is 7.15. The van der Waals surface area contributed by atoms with Gasteiger partial charge in [-0.3, -0.25) is 0 Å². The highest BCUT2D eigenvalue weighted by atomic mass is 32.1. The first-order valence-electron chi connectivity index (χ1n) is 7.14. The van der Waals surface area contributed by atoms with Gasteiger partial charge in [0.05, 0.1) is 0 Å². The van der Waals surface area contributed by atoms with Crippen molar-refractivity contribution in [1.82, 2.24) is 10.2 Å². The summed E-state index contributed by atoms with van der Waals surface area (Å²) in [5.74, 6) is 1.42. The number of hydrogen-bond acceptors (Lipinski definition) is 4. The normalized spacial score (nSPS) is 14.8. The average Bonchev–Trinajstić information content (AvgIpc) is 2.74. The summed E-state index contributed by atoms with van der Waals surface area (Å²) in [5.41, 5.74) is 0. The third-order valence-electron chi connectivity index (χ3n) is 3.25. The van der Waals surface area contributed by atoms with Crippen LogP contribution in [0.2, 0.25) is 0 Å². The Morgan fingerprint density at radius 1 is 1.11 bits per heavy atom. The van der Waals surface area contributed by atoms with Crippen LogP contribution in [-0.4, -0.2) is 16.2 Å². The molecule has 18 heavy (non-hydrogen) atoms. The summed E-state index contributed by atoms with van der Waals surface area (Å²) in [5, 5.41) is 14.2. The van der Waals surface area contributed by atoms with Gasteiger partial charge in [0.25, 0.3) is 0 Å². The Hall–Kier alpha value is -0.640. The SMILES string of the molecule is CCC(C)CC(CC)Nc1nnc(CC(C)C)s1. The molecule has 3 nitrogen and oxygen atoms in total. The maximum Gasteiger partial charge on any atom is 0.205 e. The van der Waals surface area contributed by atoms with Crippen molar-refractivity contribution >= 4 is 16.5 Å². The van der Waals surface area contributed by atoms with E-state index in [2.05, 4.69) is 50.1 Å². The molecule has 2 unspecified atom stereocenters. The summed E-state index contributed by atoms with van der Waals surface area (Å²) in [7, 11) is 0. The largest absolute Gasteiger partial charge is 0.357 e. The predicted molar refractivity (Wildman–Crippen MR) is 80.2 cm³/mol. The van der Waals surface area contributed by atoms with Crippen molar-refractivity contribution in [2.24, 2.45) is 11.8 Å². The summed E-state index contributed by atoms with van der Waals surface area (Å²) in [4.78, 5) is 0. The van der Waals surface area contributed by atoms with Crippen molar-refractivity contribution in [3.63, 3.8) is 0 Å². The van der Waals surface area contributed by atoms with Crippen LogP contribution in [0.5, 0.6) is 0 Å². The van der Waals surface area contributed by atoms with Gasteiger partial charge in [0, 0.05) is 12.5 Å². The van der Waals surface area contributed by atoms with Crippen molar-refractivity contribution in [2.75, 3.05) is 5.32 Å². The van der Waals surface area contributed by atoms with Crippen molar-refractivity contribution in [3.8, 4) is 0 Å². The lowest BCUT2D eigenvalue weighted by atomic mass is 9.98. The molecule has 0 saturated heterocycles. The van der Waals surface area contributed by atoms with Crippen LogP contribution in [0.3, 0.4) is 0 Å². The molecule has 0 aromatic carbocycles. The van der Waals surface area contributed by atoms with Crippen LogP contribution >= 0.6 is 11.3 Å². The van der Waals surface area contributed by atoms with E-state index in [0.29, 0.717) is 12.0 Å². The molecule has 0 spiro atoms. The van der Waals surface area contributed by atoms with Crippen LogP contribution < -0.4 is 5.32 Å². The fourth-order valence-corrected chi connectivity index (χ4v) is 2.93. The fourth-order valence-electron chi connectivity index (χ4n) is 1.90. The Labute approximate surface area is 115 Å². The highest BCUT2D eigenvalue weighted by Gasteiger charge is 2.13. The maximum absolute atomic E-state index is 4.25. The van der Waals surface area contributed by atoms with Crippen LogP contribution in [0.4, 0.5) is 5.13 Å². The van der Waals surface area contributed by atoms with E-state index in [9.17, 15) is 0 Å². The second-order valence-corrected chi connectivity index (χ2v) is 6.66. The quantitative estimate of drug-likeness (QED) is 0.762. The number of rotatable bonds is 8. The van der Waals surface area contributed by atoms with Gasteiger partial charge in [0.1, 0.15) is 5.01 Å². The van der Waals surface area contributed by atoms with Crippen molar-refractivity contribution in [3.05, 3.63) is 5.01 Å². The number of nitrogens with zero attached hydrogens (tertiary/aromatic N) is 2. The predicted octanol–water partition coefficient (Wildman–Crippen LogP) is 4.36. The van der Waals surface area contributed by atoms with Gasteiger partial charge in [0.15, 0.2) is 0 Å². The topological polar surface area (TPSA) is 37.8 Å². The van der Waals surface area contributed by atoms with Crippen LogP contribution in [0, 0.1) is 11.8 Å². The molecule has 104 valence electrons. The highest BCUT2D eigenvalue weighted by Crippen LogP contribution is 2.22. The second-order valence-electron chi connectivity index (χ2n) is 5.60. The van der Waals surface area contributed by atoms with Crippen LogP contribution in [0.15, 0.2) is 0 Å². The zero-order chi connectivity index (χ0) is 13.5. The maximum atomic E-state index is 4.25. The smallest absolute Gasteiger partial charge is 0.205 e. The van der Waals surface area contributed by atoms with Crippen LogP contribution in [0.25, 0.3) is 0 Å². The minimum absolute atomic E-state index is 0.528. The van der Waals surface area contributed by atoms with Gasteiger partial charge < -0.3 is 5.32 Å². The fraction of sp³-hybridized carbons (Fsp3) is 0.857. The molecule has 0 fully saturated rings. The van der Waals surface area contributed by atoms with E-state index in [-0.39, 0.29) is 0 Å². The molecular weight excluding hydrogens is 242 g/mol. The lowest BCUT2D eigenvalue weighted by molar-refractivity contribution is 0.461. The number of nitrogens with one attached hydrogen (secondary N) is 1. The molecule has 1 rings (SSSR count). The molecule has 0 radical (unpaired) electrons. The van der Waals surface area contributed by atoms with Gasteiger partial charge in [-0.05, 0) is 24.7 Å². The molecule has 0 aliphatic heterocycles. The Bertz CT molecular complexity index is 336. The number of aromatic nitrogens is 2. The minimum Gasteiger partial charge on any atom is -0.357 e. The standard InChI is InChI=1S/C14H27N3S/c1-6-11(5)9-12(7-2)15-14-17-16-13(18-14)8-10(3)4/h10-12H,6-9H2,1-5H3,(H,15,17). The molecule has 1 heterocycles. The van der Waals surface area contributed by atoms with Crippen LogP contribution in [-0.2, 0) is 6.42 Å². The molecule has 0 saturated carbocycles. The van der Waals surface area contributed by atoms with E-state index in [1.54, 1.807) is 11.3 Å². The first-order valence-corrected chi connectivity index (χ1v) is 7.95. The van der Waals surface area contributed by atoms with Crippen molar-refractivity contribution in [1.29, 1.82) is 0 Å². The molecular formula is C14H27N3S. The van der Waals surface area contributed by atoms with Crippen molar-refractivity contribution in [2.45, 2.75) is 66.3 Å². The zero-order valence-electron chi connectivity index (χ0n) is 12.4. The molecule has 1 N–H and O–H groups in total. The van der Waals surface area contributed by atoms with Gasteiger partial charge in [-0.15, -0.1) is 10.2 Å². The lowest BCUT2D eigenvalue weighted by Crippen LogP contribution is -2.21. The van der Waals surface area contributed by atoms with E-state index in [0.717, 1.165) is 28.9 Å². The number of hydrogen-bond donors (Lipinski definition) is 1.